The SMILES string of the molecule is Cc1ccc(C(=O)N/N=C/c2ccccc2)cc1. The molecule has 0 atom stereocenters. The highest BCUT2D eigenvalue weighted by molar-refractivity contribution is 5.94. The van der Waals surface area contributed by atoms with Gasteiger partial charge in [-0.05, 0) is 24.6 Å². The van der Waals surface area contributed by atoms with Gasteiger partial charge in [-0.2, -0.15) is 5.10 Å². The largest absolute Gasteiger partial charge is 0.271 e. The highest BCUT2D eigenvalue weighted by atomic mass is 16.2. The van der Waals surface area contributed by atoms with Gasteiger partial charge in [-0.3, -0.25) is 4.79 Å². The molecule has 18 heavy (non-hydrogen) atoms. The lowest BCUT2D eigenvalue weighted by molar-refractivity contribution is 0.0955. The van der Waals surface area contributed by atoms with Gasteiger partial charge in [-0.1, -0.05) is 48.0 Å². The number of aryl methyl sites for hydroxylation is 1. The van der Waals surface area contributed by atoms with Crippen LogP contribution in [0.4, 0.5) is 0 Å². The quantitative estimate of drug-likeness (QED) is 0.648. The Balaban J connectivity index is 1.96. The molecule has 2 aromatic carbocycles. The summed E-state index contributed by atoms with van der Waals surface area (Å²) in [6.45, 7) is 1.98. The van der Waals surface area contributed by atoms with Gasteiger partial charge >= 0.3 is 0 Å². The molecule has 0 fully saturated rings. The Morgan fingerprint density at radius 1 is 1.06 bits per heavy atom. The smallest absolute Gasteiger partial charge is 0.267 e. The summed E-state index contributed by atoms with van der Waals surface area (Å²) in [5.74, 6) is -0.206. The molecule has 3 heteroatoms. The van der Waals surface area contributed by atoms with Gasteiger partial charge in [0.15, 0.2) is 0 Å². The third-order valence-corrected chi connectivity index (χ3v) is 2.49. The molecule has 0 aliphatic carbocycles. The van der Waals surface area contributed by atoms with Crippen LogP contribution < -0.4 is 5.43 Å². The fourth-order valence-corrected chi connectivity index (χ4v) is 1.47. The van der Waals surface area contributed by atoms with E-state index in [-0.39, 0.29) is 5.91 Å². The summed E-state index contributed by atoms with van der Waals surface area (Å²) in [7, 11) is 0. The monoisotopic (exact) mass is 238 g/mol. The summed E-state index contributed by atoms with van der Waals surface area (Å²) in [4.78, 5) is 11.7. The second kappa shape index (κ2) is 5.77. The Kier molecular flexibility index (Phi) is 3.86. The molecule has 0 saturated carbocycles. The van der Waals surface area contributed by atoms with Crippen molar-refractivity contribution in [1.29, 1.82) is 0 Å². The Morgan fingerprint density at radius 2 is 1.72 bits per heavy atom. The molecule has 1 amide bonds. The van der Waals surface area contributed by atoms with Crippen LogP contribution in [0.5, 0.6) is 0 Å². The fraction of sp³-hybridized carbons (Fsp3) is 0.0667. The normalized spacial score (nSPS) is 10.5. The molecule has 0 aliphatic heterocycles. The van der Waals surface area contributed by atoms with Gasteiger partial charge in [0.1, 0.15) is 0 Å². The summed E-state index contributed by atoms with van der Waals surface area (Å²) in [6, 6.07) is 17.0. The second-order valence-electron chi connectivity index (χ2n) is 3.98. The minimum absolute atomic E-state index is 0.206. The third kappa shape index (κ3) is 3.28. The van der Waals surface area contributed by atoms with Crippen molar-refractivity contribution in [2.24, 2.45) is 5.10 Å². The van der Waals surface area contributed by atoms with E-state index < -0.39 is 0 Å². The molecule has 0 unspecified atom stereocenters. The molecule has 0 saturated heterocycles. The molecule has 2 rings (SSSR count). The predicted molar refractivity (Wildman–Crippen MR) is 72.7 cm³/mol. The maximum absolute atomic E-state index is 11.7. The average molecular weight is 238 g/mol. The lowest BCUT2D eigenvalue weighted by Crippen LogP contribution is -2.17. The third-order valence-electron chi connectivity index (χ3n) is 2.49. The molecule has 0 aromatic heterocycles. The van der Waals surface area contributed by atoms with Gasteiger partial charge in [-0.25, -0.2) is 5.43 Å². The first-order valence-corrected chi connectivity index (χ1v) is 5.71. The van der Waals surface area contributed by atoms with Crippen molar-refractivity contribution in [2.75, 3.05) is 0 Å². The fourth-order valence-electron chi connectivity index (χ4n) is 1.47. The number of hydrazone groups is 1. The van der Waals surface area contributed by atoms with E-state index >= 15 is 0 Å². The zero-order valence-corrected chi connectivity index (χ0v) is 10.1. The first-order chi connectivity index (χ1) is 8.75. The topological polar surface area (TPSA) is 41.5 Å². The Morgan fingerprint density at radius 3 is 2.39 bits per heavy atom. The van der Waals surface area contributed by atoms with Crippen LogP contribution in [-0.2, 0) is 0 Å². The van der Waals surface area contributed by atoms with Gasteiger partial charge in [0.05, 0.1) is 6.21 Å². The van der Waals surface area contributed by atoms with Crippen molar-refractivity contribution in [2.45, 2.75) is 6.92 Å². The van der Waals surface area contributed by atoms with Gasteiger partial charge in [0, 0.05) is 5.56 Å². The van der Waals surface area contributed by atoms with E-state index in [2.05, 4.69) is 10.5 Å². The highest BCUT2D eigenvalue weighted by Crippen LogP contribution is 2.02. The molecule has 0 bridgehead atoms. The average Bonchev–Trinajstić information content (AvgIpc) is 2.40. The summed E-state index contributed by atoms with van der Waals surface area (Å²) >= 11 is 0. The molecule has 0 heterocycles. The molecule has 90 valence electrons. The van der Waals surface area contributed by atoms with Crippen molar-refractivity contribution in [3.8, 4) is 0 Å². The lowest BCUT2D eigenvalue weighted by atomic mass is 10.1. The zero-order valence-electron chi connectivity index (χ0n) is 10.1. The lowest BCUT2D eigenvalue weighted by Gasteiger charge is -2.00. The minimum atomic E-state index is -0.206. The Bertz CT molecular complexity index is 544. The van der Waals surface area contributed by atoms with Crippen molar-refractivity contribution in [3.63, 3.8) is 0 Å². The first-order valence-electron chi connectivity index (χ1n) is 5.71. The van der Waals surface area contributed by atoms with Crippen molar-refractivity contribution >= 4 is 12.1 Å². The van der Waals surface area contributed by atoms with Crippen LogP contribution in [-0.4, -0.2) is 12.1 Å². The van der Waals surface area contributed by atoms with E-state index in [4.69, 9.17) is 0 Å². The molecule has 2 aromatic rings. The van der Waals surface area contributed by atoms with E-state index in [0.717, 1.165) is 11.1 Å². The molecular formula is C15H14N2O. The number of amides is 1. The van der Waals surface area contributed by atoms with Crippen LogP contribution in [0, 0.1) is 6.92 Å². The number of hydrogen-bond acceptors (Lipinski definition) is 2. The van der Waals surface area contributed by atoms with Crippen LogP contribution in [0.2, 0.25) is 0 Å². The number of nitrogens with zero attached hydrogens (tertiary/aromatic N) is 1. The maximum Gasteiger partial charge on any atom is 0.271 e. The number of hydrogen-bond donors (Lipinski definition) is 1. The van der Waals surface area contributed by atoms with E-state index in [0.29, 0.717) is 5.56 Å². The van der Waals surface area contributed by atoms with Gasteiger partial charge in [0.2, 0.25) is 0 Å². The number of carbonyl (C=O) groups is 1. The molecule has 0 aliphatic rings. The van der Waals surface area contributed by atoms with Crippen LogP contribution in [0.25, 0.3) is 0 Å². The van der Waals surface area contributed by atoms with Crippen LogP contribution in [0.15, 0.2) is 59.7 Å². The Hall–Kier alpha value is -2.42. The highest BCUT2D eigenvalue weighted by Gasteiger charge is 2.02. The van der Waals surface area contributed by atoms with Gasteiger partial charge < -0.3 is 0 Å². The van der Waals surface area contributed by atoms with Crippen LogP contribution >= 0.6 is 0 Å². The summed E-state index contributed by atoms with van der Waals surface area (Å²) in [5, 5.41) is 3.92. The molecule has 1 N–H and O–H groups in total. The summed E-state index contributed by atoms with van der Waals surface area (Å²) in [5.41, 5.74) is 5.17. The standard InChI is InChI=1S/C15H14N2O/c1-12-7-9-14(10-8-12)15(18)17-16-11-13-5-3-2-4-6-13/h2-11H,1H3,(H,17,18)/b16-11+. The number of nitrogens with one attached hydrogen (secondary N) is 1. The minimum Gasteiger partial charge on any atom is -0.267 e. The molecule has 0 radical (unpaired) electrons. The molecular weight excluding hydrogens is 224 g/mol. The van der Waals surface area contributed by atoms with Gasteiger partial charge in [-0.15, -0.1) is 0 Å². The van der Waals surface area contributed by atoms with Crippen LogP contribution in [0.3, 0.4) is 0 Å². The summed E-state index contributed by atoms with van der Waals surface area (Å²) in [6.07, 6.45) is 1.62. The van der Waals surface area contributed by atoms with E-state index in [1.165, 1.54) is 0 Å². The van der Waals surface area contributed by atoms with Crippen molar-refractivity contribution in [3.05, 3.63) is 71.3 Å². The Labute approximate surface area is 106 Å². The zero-order chi connectivity index (χ0) is 12.8. The van der Waals surface area contributed by atoms with E-state index in [9.17, 15) is 4.79 Å². The van der Waals surface area contributed by atoms with Crippen molar-refractivity contribution < 1.29 is 4.79 Å². The number of carbonyl (C=O) groups excluding carboxylic acids is 1. The summed E-state index contributed by atoms with van der Waals surface area (Å²) < 4.78 is 0. The first kappa shape index (κ1) is 12.0. The van der Waals surface area contributed by atoms with E-state index in [1.807, 2.05) is 49.4 Å². The van der Waals surface area contributed by atoms with Crippen molar-refractivity contribution in [1.82, 2.24) is 5.43 Å². The maximum atomic E-state index is 11.7. The molecule has 3 nitrogen and oxygen atoms in total. The molecule has 0 spiro atoms. The van der Waals surface area contributed by atoms with E-state index in [1.54, 1.807) is 18.3 Å². The number of rotatable bonds is 3. The van der Waals surface area contributed by atoms with Crippen LogP contribution in [0.1, 0.15) is 21.5 Å². The second-order valence-corrected chi connectivity index (χ2v) is 3.98. The number of benzene rings is 2. The van der Waals surface area contributed by atoms with Gasteiger partial charge in [0.25, 0.3) is 5.91 Å². The predicted octanol–water partition coefficient (Wildman–Crippen LogP) is 2.76.